The van der Waals surface area contributed by atoms with Gasteiger partial charge in [-0.15, -0.1) is 0 Å². The number of benzene rings is 1. The van der Waals surface area contributed by atoms with Crippen molar-refractivity contribution >= 4 is 17.7 Å². The highest BCUT2D eigenvalue weighted by molar-refractivity contribution is 5.98. The van der Waals surface area contributed by atoms with E-state index in [9.17, 15) is 9.59 Å². The summed E-state index contributed by atoms with van der Waals surface area (Å²) in [6.45, 7) is 0.665. The lowest BCUT2D eigenvalue weighted by Crippen LogP contribution is -2.48. The summed E-state index contributed by atoms with van der Waals surface area (Å²) in [6.07, 6.45) is 3.27. The number of primary amides is 1. The topological polar surface area (TPSA) is 125 Å². The molecule has 5 rings (SSSR count). The maximum absolute atomic E-state index is 12.2. The fourth-order valence-corrected chi connectivity index (χ4v) is 3.55. The Morgan fingerprint density at radius 1 is 1.24 bits per heavy atom. The number of carbonyl (C=O) groups excluding carboxylic acids is 2. The zero-order valence-electron chi connectivity index (χ0n) is 15.1. The predicted octanol–water partition coefficient (Wildman–Crippen LogP) is 0.960. The Bertz CT molecular complexity index is 1080. The second-order valence-corrected chi connectivity index (χ2v) is 6.77. The van der Waals surface area contributed by atoms with Crippen molar-refractivity contribution in [3.63, 3.8) is 0 Å². The van der Waals surface area contributed by atoms with Gasteiger partial charge in [-0.25, -0.2) is 14.5 Å². The van der Waals surface area contributed by atoms with Crippen LogP contribution in [-0.2, 0) is 16.1 Å². The van der Waals surface area contributed by atoms with Crippen molar-refractivity contribution in [2.45, 2.75) is 18.7 Å². The van der Waals surface area contributed by atoms with Crippen LogP contribution in [0.25, 0.3) is 11.1 Å². The Labute approximate surface area is 164 Å². The Morgan fingerprint density at radius 2 is 2.10 bits per heavy atom. The number of cyclic esters (lactones) is 1. The number of amides is 2. The van der Waals surface area contributed by atoms with Gasteiger partial charge in [-0.05, 0) is 23.8 Å². The first-order valence-corrected chi connectivity index (χ1v) is 8.94. The second-order valence-electron chi connectivity index (χ2n) is 6.77. The smallest absolute Gasteiger partial charge is 0.415 e. The molecule has 3 aromatic rings. The van der Waals surface area contributed by atoms with Crippen molar-refractivity contribution < 1.29 is 19.1 Å². The Kier molecular flexibility index (Phi) is 3.90. The van der Waals surface area contributed by atoms with Crippen LogP contribution in [0.15, 0.2) is 49.2 Å². The molecular formula is C19H16N6O4. The van der Waals surface area contributed by atoms with E-state index in [4.69, 9.17) is 15.2 Å². The quantitative estimate of drug-likeness (QED) is 0.701. The van der Waals surface area contributed by atoms with E-state index >= 15 is 0 Å². The third kappa shape index (κ3) is 2.94. The first kappa shape index (κ1) is 17.2. The summed E-state index contributed by atoms with van der Waals surface area (Å²) in [5, 5.41) is 4.07. The summed E-state index contributed by atoms with van der Waals surface area (Å²) >= 11 is 0. The van der Waals surface area contributed by atoms with Gasteiger partial charge >= 0.3 is 6.09 Å². The van der Waals surface area contributed by atoms with E-state index in [-0.39, 0.29) is 6.61 Å². The standard InChI is InChI=1S/C19H16N6O4/c20-18(26)17-15-8-28-16-5-11(2-4-14(16)25(15)19(27)29-17)12-1-3-13(22-6-12)7-24-10-21-9-23-24/h1-6,9-10,15,17H,7-8H2,(H2,20,26)/t15-,17+/m0/s1. The molecule has 1 fully saturated rings. The molecule has 10 heteroatoms. The summed E-state index contributed by atoms with van der Waals surface area (Å²) in [5.41, 5.74) is 8.53. The normalized spacial score (nSPS) is 19.9. The van der Waals surface area contributed by atoms with Gasteiger partial charge in [0.2, 0.25) is 6.10 Å². The summed E-state index contributed by atoms with van der Waals surface area (Å²) in [4.78, 5) is 33.6. The predicted molar refractivity (Wildman–Crippen MR) is 100 cm³/mol. The van der Waals surface area contributed by atoms with Crippen molar-refractivity contribution in [2.75, 3.05) is 11.5 Å². The molecule has 4 heterocycles. The molecule has 0 spiro atoms. The molecule has 2 aliphatic heterocycles. The lowest BCUT2D eigenvalue weighted by atomic mass is 10.0. The number of nitrogens with zero attached hydrogens (tertiary/aromatic N) is 5. The molecule has 2 amide bonds. The highest BCUT2D eigenvalue weighted by Gasteiger charge is 2.49. The van der Waals surface area contributed by atoms with E-state index < -0.39 is 24.1 Å². The number of ether oxygens (including phenoxy) is 2. The van der Waals surface area contributed by atoms with Crippen LogP contribution in [0.3, 0.4) is 0 Å². The lowest BCUT2D eigenvalue weighted by molar-refractivity contribution is -0.125. The van der Waals surface area contributed by atoms with E-state index in [1.54, 1.807) is 23.3 Å². The zero-order chi connectivity index (χ0) is 20.0. The maximum Gasteiger partial charge on any atom is 0.415 e. The Morgan fingerprint density at radius 3 is 2.83 bits per heavy atom. The van der Waals surface area contributed by atoms with Crippen LogP contribution >= 0.6 is 0 Å². The van der Waals surface area contributed by atoms with Gasteiger partial charge in [0.15, 0.2) is 0 Å². The number of carbonyl (C=O) groups is 2. The monoisotopic (exact) mass is 392 g/mol. The average Bonchev–Trinajstić information content (AvgIpc) is 3.36. The number of nitrogens with two attached hydrogens (primary N) is 1. The number of rotatable bonds is 4. The van der Waals surface area contributed by atoms with Gasteiger partial charge in [0, 0.05) is 11.8 Å². The molecule has 2 aliphatic rings. The summed E-state index contributed by atoms with van der Waals surface area (Å²) in [7, 11) is 0. The molecule has 29 heavy (non-hydrogen) atoms. The van der Waals surface area contributed by atoms with Gasteiger partial charge in [-0.3, -0.25) is 14.7 Å². The fourth-order valence-electron chi connectivity index (χ4n) is 3.55. The molecule has 1 aromatic carbocycles. The maximum atomic E-state index is 12.2. The van der Waals surface area contributed by atoms with E-state index in [2.05, 4.69) is 15.1 Å². The number of anilines is 1. The summed E-state index contributed by atoms with van der Waals surface area (Å²) < 4.78 is 12.6. The third-order valence-corrected chi connectivity index (χ3v) is 4.96. The van der Waals surface area contributed by atoms with E-state index in [0.29, 0.717) is 18.0 Å². The molecular weight excluding hydrogens is 376 g/mol. The van der Waals surface area contributed by atoms with Crippen LogP contribution in [0.1, 0.15) is 5.69 Å². The molecule has 10 nitrogen and oxygen atoms in total. The number of fused-ring (bicyclic) bond motifs is 3. The number of hydrogen-bond acceptors (Lipinski definition) is 7. The SMILES string of the molecule is NC(=O)[C@@H]1OC(=O)N2c3ccc(-c4ccc(Cn5cncn5)nc4)cc3OC[C@@H]12. The van der Waals surface area contributed by atoms with Crippen molar-refractivity contribution in [2.24, 2.45) is 5.73 Å². The molecule has 2 aromatic heterocycles. The van der Waals surface area contributed by atoms with Gasteiger partial charge in [0.05, 0.1) is 17.9 Å². The molecule has 0 bridgehead atoms. The van der Waals surface area contributed by atoms with E-state index in [1.807, 2.05) is 24.3 Å². The van der Waals surface area contributed by atoms with Crippen molar-refractivity contribution in [3.8, 4) is 16.9 Å². The number of hydrogen-bond donors (Lipinski definition) is 1. The zero-order valence-corrected chi connectivity index (χ0v) is 15.1. The van der Waals surface area contributed by atoms with Crippen LogP contribution in [0, 0.1) is 0 Å². The molecule has 0 radical (unpaired) electrons. The highest BCUT2D eigenvalue weighted by Crippen LogP contribution is 2.40. The molecule has 146 valence electrons. The van der Waals surface area contributed by atoms with Crippen molar-refractivity contribution in [1.29, 1.82) is 0 Å². The summed E-state index contributed by atoms with van der Waals surface area (Å²) in [5.74, 6) is -0.154. The van der Waals surface area contributed by atoms with Crippen LogP contribution in [0.5, 0.6) is 5.75 Å². The largest absolute Gasteiger partial charge is 0.489 e. The molecule has 0 aliphatic carbocycles. The van der Waals surface area contributed by atoms with Gasteiger partial charge in [0.1, 0.15) is 31.1 Å². The number of aromatic nitrogens is 4. The number of pyridine rings is 1. The first-order valence-electron chi connectivity index (χ1n) is 8.94. The molecule has 2 atom stereocenters. The van der Waals surface area contributed by atoms with Gasteiger partial charge in [-0.2, -0.15) is 5.10 Å². The Balaban J connectivity index is 1.40. The van der Waals surface area contributed by atoms with Crippen LogP contribution in [0.4, 0.5) is 10.5 Å². The lowest BCUT2D eigenvalue weighted by Gasteiger charge is -2.30. The molecule has 2 N–H and O–H groups in total. The first-order chi connectivity index (χ1) is 14.1. The third-order valence-electron chi connectivity index (χ3n) is 4.96. The average molecular weight is 392 g/mol. The molecule has 0 saturated carbocycles. The van der Waals surface area contributed by atoms with Crippen molar-refractivity contribution in [1.82, 2.24) is 19.7 Å². The van der Waals surface area contributed by atoms with E-state index in [1.165, 1.54) is 11.2 Å². The van der Waals surface area contributed by atoms with Crippen LogP contribution in [-0.4, -0.2) is 50.5 Å². The van der Waals surface area contributed by atoms with Gasteiger partial charge < -0.3 is 15.2 Å². The second kappa shape index (κ2) is 6.59. The van der Waals surface area contributed by atoms with Crippen LogP contribution in [0.2, 0.25) is 0 Å². The molecule has 1 saturated heterocycles. The minimum absolute atomic E-state index is 0.130. The van der Waals surface area contributed by atoms with Gasteiger partial charge in [0.25, 0.3) is 5.91 Å². The van der Waals surface area contributed by atoms with Gasteiger partial charge in [-0.1, -0.05) is 12.1 Å². The van der Waals surface area contributed by atoms with Crippen molar-refractivity contribution in [3.05, 3.63) is 54.9 Å². The summed E-state index contributed by atoms with van der Waals surface area (Å²) in [6, 6.07) is 8.79. The Hall–Kier alpha value is -3.95. The molecule has 0 unspecified atom stereocenters. The highest BCUT2D eigenvalue weighted by atomic mass is 16.6. The van der Waals surface area contributed by atoms with E-state index in [0.717, 1.165) is 16.8 Å². The fraction of sp³-hybridized carbons (Fsp3) is 0.211. The van der Waals surface area contributed by atoms with Crippen LogP contribution < -0.4 is 15.4 Å². The minimum atomic E-state index is -1.02. The minimum Gasteiger partial charge on any atom is -0.489 e.